The van der Waals surface area contributed by atoms with Gasteiger partial charge in [-0.3, -0.25) is 4.79 Å². The van der Waals surface area contributed by atoms with Crippen molar-refractivity contribution in [3.63, 3.8) is 0 Å². The van der Waals surface area contributed by atoms with Gasteiger partial charge in [-0.2, -0.15) is 0 Å². The number of piperidine rings is 1. The molecular weight excluding hydrogens is 348 g/mol. The molecule has 0 saturated carbocycles. The van der Waals surface area contributed by atoms with Gasteiger partial charge in [0.15, 0.2) is 0 Å². The fourth-order valence-electron chi connectivity index (χ4n) is 4.96. The molecule has 3 aliphatic rings. The summed E-state index contributed by atoms with van der Waals surface area (Å²) in [5, 5.41) is 0.717. The molecule has 142 valence electrons. The van der Waals surface area contributed by atoms with Crippen molar-refractivity contribution in [3.8, 4) is 0 Å². The van der Waals surface area contributed by atoms with Gasteiger partial charge in [-0.25, -0.2) is 0 Å². The fraction of sp³-hybridized carbons (Fsp3) is 0.667. The van der Waals surface area contributed by atoms with E-state index in [9.17, 15) is 4.79 Å². The van der Waals surface area contributed by atoms with Crippen LogP contribution >= 0.6 is 11.6 Å². The predicted octanol–water partition coefficient (Wildman–Crippen LogP) is 3.48. The number of ether oxygens (including phenoxy) is 1. The van der Waals surface area contributed by atoms with Crippen LogP contribution in [-0.4, -0.2) is 61.1 Å². The standard InChI is InChI=1S/C21H29ClN2O2/c22-18-5-3-17(4-6-18)21(9-15-26-16-10-21)20(25)24-13-7-19(8-14-24)23-11-1-2-12-23/h3-6,19H,1-2,7-16H2. The molecule has 1 amide bonds. The molecule has 0 atom stereocenters. The number of hydrogen-bond acceptors (Lipinski definition) is 3. The van der Waals surface area contributed by atoms with Crippen LogP contribution in [0.3, 0.4) is 0 Å². The van der Waals surface area contributed by atoms with Crippen molar-refractivity contribution in [2.75, 3.05) is 39.4 Å². The highest BCUT2D eigenvalue weighted by Crippen LogP contribution is 2.38. The van der Waals surface area contributed by atoms with Gasteiger partial charge in [0.05, 0.1) is 5.41 Å². The van der Waals surface area contributed by atoms with Crippen LogP contribution in [0.4, 0.5) is 0 Å². The van der Waals surface area contributed by atoms with Crippen molar-refractivity contribution in [2.24, 2.45) is 0 Å². The highest BCUT2D eigenvalue weighted by Gasteiger charge is 2.44. The average molecular weight is 377 g/mol. The number of likely N-dealkylation sites (tertiary alicyclic amines) is 2. The predicted molar refractivity (Wildman–Crippen MR) is 104 cm³/mol. The van der Waals surface area contributed by atoms with E-state index < -0.39 is 5.41 Å². The van der Waals surface area contributed by atoms with Gasteiger partial charge in [0.25, 0.3) is 0 Å². The van der Waals surface area contributed by atoms with Crippen LogP contribution < -0.4 is 0 Å². The molecule has 3 aliphatic heterocycles. The molecule has 4 nitrogen and oxygen atoms in total. The summed E-state index contributed by atoms with van der Waals surface area (Å²) >= 11 is 6.08. The Morgan fingerprint density at radius 2 is 1.62 bits per heavy atom. The lowest BCUT2D eigenvalue weighted by molar-refractivity contribution is -0.143. The molecular formula is C21H29ClN2O2. The molecule has 3 saturated heterocycles. The van der Waals surface area contributed by atoms with Crippen molar-refractivity contribution in [2.45, 2.75) is 50.0 Å². The first kappa shape index (κ1) is 18.3. The van der Waals surface area contributed by atoms with Gasteiger partial charge in [0.1, 0.15) is 0 Å². The van der Waals surface area contributed by atoms with Gasteiger partial charge in [0.2, 0.25) is 5.91 Å². The lowest BCUT2D eigenvalue weighted by atomic mass is 9.72. The van der Waals surface area contributed by atoms with E-state index in [1.807, 2.05) is 24.3 Å². The Kier molecular flexibility index (Phi) is 5.53. The van der Waals surface area contributed by atoms with Gasteiger partial charge >= 0.3 is 0 Å². The Labute approximate surface area is 161 Å². The summed E-state index contributed by atoms with van der Waals surface area (Å²) in [6.07, 6.45) is 6.41. The van der Waals surface area contributed by atoms with Crippen LogP contribution in [-0.2, 0) is 14.9 Å². The topological polar surface area (TPSA) is 32.8 Å². The van der Waals surface area contributed by atoms with E-state index in [1.54, 1.807) is 0 Å². The Bertz CT molecular complexity index is 613. The van der Waals surface area contributed by atoms with E-state index in [0.29, 0.717) is 25.2 Å². The molecule has 1 aromatic carbocycles. The molecule has 3 heterocycles. The van der Waals surface area contributed by atoms with E-state index in [-0.39, 0.29) is 0 Å². The third-order valence-electron chi connectivity index (χ3n) is 6.56. The highest BCUT2D eigenvalue weighted by molar-refractivity contribution is 6.30. The summed E-state index contributed by atoms with van der Waals surface area (Å²) in [5.41, 5.74) is 0.653. The second kappa shape index (κ2) is 7.87. The van der Waals surface area contributed by atoms with Crippen LogP contribution in [0.25, 0.3) is 0 Å². The zero-order valence-electron chi connectivity index (χ0n) is 15.5. The minimum Gasteiger partial charge on any atom is -0.381 e. The summed E-state index contributed by atoms with van der Waals surface area (Å²) < 4.78 is 5.59. The number of carbonyl (C=O) groups excluding carboxylic acids is 1. The molecule has 5 heteroatoms. The second-order valence-corrected chi connectivity index (χ2v) is 8.40. The first-order valence-corrected chi connectivity index (χ1v) is 10.4. The third-order valence-corrected chi connectivity index (χ3v) is 6.81. The van der Waals surface area contributed by atoms with Crippen molar-refractivity contribution in [1.82, 2.24) is 9.80 Å². The zero-order chi connectivity index (χ0) is 18.0. The smallest absolute Gasteiger partial charge is 0.233 e. The minimum atomic E-state index is -0.441. The van der Waals surface area contributed by atoms with Crippen LogP contribution in [0.15, 0.2) is 24.3 Å². The van der Waals surface area contributed by atoms with E-state index >= 15 is 0 Å². The van der Waals surface area contributed by atoms with Crippen LogP contribution in [0.5, 0.6) is 0 Å². The van der Waals surface area contributed by atoms with Gasteiger partial charge in [-0.1, -0.05) is 23.7 Å². The van der Waals surface area contributed by atoms with Gasteiger partial charge < -0.3 is 14.5 Å². The fourth-order valence-corrected chi connectivity index (χ4v) is 5.08. The Morgan fingerprint density at radius 1 is 1.00 bits per heavy atom. The molecule has 0 radical (unpaired) electrons. The summed E-state index contributed by atoms with van der Waals surface area (Å²) in [7, 11) is 0. The highest BCUT2D eigenvalue weighted by atomic mass is 35.5. The molecule has 0 bridgehead atoms. The van der Waals surface area contributed by atoms with Gasteiger partial charge in [0, 0.05) is 37.4 Å². The lowest BCUT2D eigenvalue weighted by Gasteiger charge is -2.43. The number of halogens is 1. The zero-order valence-corrected chi connectivity index (χ0v) is 16.2. The van der Waals surface area contributed by atoms with Crippen LogP contribution in [0, 0.1) is 0 Å². The number of amides is 1. The number of nitrogens with zero attached hydrogens (tertiary/aromatic N) is 2. The summed E-state index contributed by atoms with van der Waals surface area (Å²) in [4.78, 5) is 18.4. The van der Waals surface area contributed by atoms with E-state index in [1.165, 1.54) is 25.9 Å². The van der Waals surface area contributed by atoms with E-state index in [0.717, 1.165) is 49.4 Å². The summed E-state index contributed by atoms with van der Waals surface area (Å²) in [5.74, 6) is 0.294. The number of benzene rings is 1. The molecule has 3 fully saturated rings. The van der Waals surface area contributed by atoms with Crippen molar-refractivity contribution in [1.29, 1.82) is 0 Å². The number of hydrogen-bond donors (Lipinski definition) is 0. The lowest BCUT2D eigenvalue weighted by Crippen LogP contribution is -2.54. The number of rotatable bonds is 3. The second-order valence-electron chi connectivity index (χ2n) is 7.97. The van der Waals surface area contributed by atoms with Crippen LogP contribution in [0.1, 0.15) is 44.1 Å². The SMILES string of the molecule is O=C(N1CCC(N2CCCC2)CC1)C1(c2ccc(Cl)cc2)CCOCC1. The maximum atomic E-state index is 13.6. The maximum absolute atomic E-state index is 13.6. The first-order valence-electron chi connectivity index (χ1n) is 10.1. The molecule has 0 unspecified atom stereocenters. The van der Waals surface area contributed by atoms with E-state index in [4.69, 9.17) is 16.3 Å². The van der Waals surface area contributed by atoms with Crippen molar-refractivity contribution in [3.05, 3.63) is 34.9 Å². The van der Waals surface area contributed by atoms with Gasteiger partial charge in [-0.05, 0) is 69.3 Å². The third kappa shape index (κ3) is 3.51. The first-order chi connectivity index (χ1) is 12.7. The summed E-state index contributed by atoms with van der Waals surface area (Å²) in [6.45, 7) is 5.55. The monoisotopic (exact) mass is 376 g/mol. The summed E-state index contributed by atoms with van der Waals surface area (Å²) in [6, 6.07) is 8.54. The Morgan fingerprint density at radius 3 is 2.23 bits per heavy atom. The molecule has 0 aromatic heterocycles. The quantitative estimate of drug-likeness (QED) is 0.809. The van der Waals surface area contributed by atoms with Crippen LogP contribution in [0.2, 0.25) is 5.02 Å². The van der Waals surface area contributed by atoms with Gasteiger partial charge in [-0.15, -0.1) is 0 Å². The molecule has 0 aliphatic carbocycles. The minimum absolute atomic E-state index is 0.294. The molecule has 26 heavy (non-hydrogen) atoms. The maximum Gasteiger partial charge on any atom is 0.233 e. The Hall–Kier alpha value is -1.10. The molecule has 4 rings (SSSR count). The largest absolute Gasteiger partial charge is 0.381 e. The Balaban J connectivity index is 1.49. The molecule has 0 spiro atoms. The average Bonchev–Trinajstić information content (AvgIpc) is 3.23. The van der Waals surface area contributed by atoms with Crippen molar-refractivity contribution < 1.29 is 9.53 Å². The molecule has 1 aromatic rings. The number of carbonyl (C=O) groups is 1. The van der Waals surface area contributed by atoms with Crippen molar-refractivity contribution >= 4 is 17.5 Å². The van der Waals surface area contributed by atoms with E-state index in [2.05, 4.69) is 9.80 Å². The normalized spacial score (nSPS) is 24.7. The molecule has 0 N–H and O–H groups in total.